The maximum absolute atomic E-state index is 12.9. The second-order valence-corrected chi connectivity index (χ2v) is 7.00. The van der Waals surface area contributed by atoms with Gasteiger partial charge < -0.3 is 5.32 Å². The van der Waals surface area contributed by atoms with Gasteiger partial charge in [0.15, 0.2) is 5.82 Å². The molecule has 0 aliphatic carbocycles. The standard InChI is InChI=1S/C18H17Cl2N5O2/c1-11(2)22-16(26)10-24-17(12-4-3-5-13(19)8-12)23-25(18(24)27)14-6-7-15(20)21-9-14/h3-9,11H,10H2,1-2H3,(H,22,26). The molecule has 0 radical (unpaired) electrons. The van der Waals surface area contributed by atoms with Crippen molar-refractivity contribution in [3.63, 3.8) is 0 Å². The summed E-state index contributed by atoms with van der Waals surface area (Å²) in [6.45, 7) is 3.53. The topological polar surface area (TPSA) is 81.8 Å². The molecule has 1 aromatic carbocycles. The van der Waals surface area contributed by atoms with Crippen LogP contribution in [0.5, 0.6) is 0 Å². The number of hydrogen-bond donors (Lipinski definition) is 1. The van der Waals surface area contributed by atoms with Crippen molar-refractivity contribution in [2.45, 2.75) is 26.4 Å². The number of carbonyl (C=O) groups is 1. The van der Waals surface area contributed by atoms with E-state index in [1.807, 2.05) is 13.8 Å². The molecule has 1 amide bonds. The monoisotopic (exact) mass is 405 g/mol. The largest absolute Gasteiger partial charge is 0.352 e. The first-order chi connectivity index (χ1) is 12.8. The second-order valence-electron chi connectivity index (χ2n) is 6.18. The maximum Gasteiger partial charge on any atom is 0.351 e. The fourth-order valence-corrected chi connectivity index (χ4v) is 2.85. The van der Waals surface area contributed by atoms with Crippen LogP contribution >= 0.6 is 23.2 Å². The van der Waals surface area contributed by atoms with E-state index < -0.39 is 5.69 Å². The van der Waals surface area contributed by atoms with Crippen molar-refractivity contribution in [3.8, 4) is 17.1 Å². The smallest absolute Gasteiger partial charge is 0.351 e. The molecule has 0 aliphatic rings. The van der Waals surface area contributed by atoms with Crippen LogP contribution in [0.15, 0.2) is 47.4 Å². The van der Waals surface area contributed by atoms with E-state index in [1.165, 1.54) is 15.4 Å². The Balaban J connectivity index is 2.12. The molecule has 9 heteroatoms. The van der Waals surface area contributed by atoms with E-state index in [9.17, 15) is 9.59 Å². The average Bonchev–Trinajstić information content (AvgIpc) is 2.92. The van der Waals surface area contributed by atoms with Crippen molar-refractivity contribution in [1.29, 1.82) is 0 Å². The Hall–Kier alpha value is -2.64. The fourth-order valence-electron chi connectivity index (χ4n) is 2.55. The summed E-state index contributed by atoms with van der Waals surface area (Å²) >= 11 is 11.9. The molecule has 0 spiro atoms. The van der Waals surface area contributed by atoms with Crippen LogP contribution < -0.4 is 11.0 Å². The number of aromatic nitrogens is 4. The Kier molecular flexibility index (Phi) is 5.62. The fraction of sp³-hybridized carbons (Fsp3) is 0.222. The Morgan fingerprint density at radius 3 is 2.63 bits per heavy atom. The van der Waals surface area contributed by atoms with Crippen LogP contribution in [-0.4, -0.2) is 31.3 Å². The zero-order valence-electron chi connectivity index (χ0n) is 14.7. The van der Waals surface area contributed by atoms with Crippen LogP contribution in [0.3, 0.4) is 0 Å². The van der Waals surface area contributed by atoms with Gasteiger partial charge in [-0.15, -0.1) is 5.10 Å². The van der Waals surface area contributed by atoms with Gasteiger partial charge in [-0.1, -0.05) is 35.3 Å². The number of amides is 1. The normalized spacial score (nSPS) is 11.0. The molecular formula is C18H17Cl2N5O2. The van der Waals surface area contributed by atoms with Gasteiger partial charge in [-0.2, -0.15) is 4.68 Å². The van der Waals surface area contributed by atoms with Gasteiger partial charge in [-0.25, -0.2) is 9.78 Å². The van der Waals surface area contributed by atoms with Crippen LogP contribution in [0.2, 0.25) is 10.2 Å². The maximum atomic E-state index is 12.9. The molecule has 2 heterocycles. The molecule has 140 valence electrons. The molecule has 3 aromatic rings. The minimum Gasteiger partial charge on any atom is -0.352 e. The van der Waals surface area contributed by atoms with Gasteiger partial charge >= 0.3 is 5.69 Å². The lowest BCUT2D eigenvalue weighted by molar-refractivity contribution is -0.122. The minimum atomic E-state index is -0.465. The third kappa shape index (κ3) is 4.37. The van der Waals surface area contributed by atoms with Crippen molar-refractivity contribution >= 4 is 29.1 Å². The van der Waals surface area contributed by atoms with E-state index >= 15 is 0 Å². The van der Waals surface area contributed by atoms with E-state index in [4.69, 9.17) is 23.2 Å². The number of pyridine rings is 1. The Morgan fingerprint density at radius 1 is 1.22 bits per heavy atom. The summed E-state index contributed by atoms with van der Waals surface area (Å²) in [6, 6.07) is 10.1. The minimum absolute atomic E-state index is 0.0432. The molecule has 7 nitrogen and oxygen atoms in total. The highest BCUT2D eigenvalue weighted by Gasteiger charge is 2.19. The molecule has 0 saturated heterocycles. The van der Waals surface area contributed by atoms with Gasteiger partial charge in [-0.05, 0) is 38.1 Å². The first-order valence-corrected chi connectivity index (χ1v) is 8.98. The summed E-state index contributed by atoms with van der Waals surface area (Å²) in [7, 11) is 0. The summed E-state index contributed by atoms with van der Waals surface area (Å²) in [5.74, 6) is 0.0421. The molecule has 2 aromatic heterocycles. The Morgan fingerprint density at radius 2 is 2.00 bits per heavy atom. The SMILES string of the molecule is CC(C)NC(=O)Cn1c(-c2cccc(Cl)c2)nn(-c2ccc(Cl)nc2)c1=O. The summed E-state index contributed by atoms with van der Waals surface area (Å²) < 4.78 is 2.49. The predicted molar refractivity (Wildman–Crippen MR) is 104 cm³/mol. The van der Waals surface area contributed by atoms with Crippen molar-refractivity contribution < 1.29 is 4.79 Å². The quantitative estimate of drug-likeness (QED) is 0.661. The number of nitrogens with zero attached hydrogens (tertiary/aromatic N) is 4. The lowest BCUT2D eigenvalue weighted by Gasteiger charge is -2.09. The van der Waals surface area contributed by atoms with Crippen molar-refractivity contribution in [3.05, 3.63) is 63.3 Å². The summed E-state index contributed by atoms with van der Waals surface area (Å²) in [5, 5.41) is 7.98. The number of carbonyl (C=O) groups excluding carboxylic acids is 1. The zero-order valence-corrected chi connectivity index (χ0v) is 16.2. The van der Waals surface area contributed by atoms with E-state index in [0.717, 1.165) is 0 Å². The molecule has 0 aliphatic heterocycles. The third-order valence-corrected chi connectivity index (χ3v) is 4.11. The first kappa shape index (κ1) is 19.1. The molecule has 27 heavy (non-hydrogen) atoms. The van der Waals surface area contributed by atoms with Crippen LogP contribution in [-0.2, 0) is 11.3 Å². The molecule has 3 rings (SSSR count). The van der Waals surface area contributed by atoms with Crippen LogP contribution in [0.1, 0.15) is 13.8 Å². The highest BCUT2D eigenvalue weighted by Crippen LogP contribution is 2.21. The summed E-state index contributed by atoms with van der Waals surface area (Å²) in [5.41, 5.74) is 0.598. The van der Waals surface area contributed by atoms with E-state index in [0.29, 0.717) is 27.3 Å². The van der Waals surface area contributed by atoms with Gasteiger partial charge in [0, 0.05) is 16.6 Å². The van der Waals surface area contributed by atoms with Gasteiger partial charge in [0.1, 0.15) is 11.7 Å². The highest BCUT2D eigenvalue weighted by atomic mass is 35.5. The van der Waals surface area contributed by atoms with Crippen LogP contribution in [0.4, 0.5) is 0 Å². The number of rotatable bonds is 5. The molecule has 0 saturated carbocycles. The van der Waals surface area contributed by atoms with Crippen LogP contribution in [0, 0.1) is 0 Å². The Bertz CT molecular complexity index is 1020. The molecule has 0 atom stereocenters. The lowest BCUT2D eigenvalue weighted by Crippen LogP contribution is -2.36. The summed E-state index contributed by atoms with van der Waals surface area (Å²) in [4.78, 5) is 29.2. The van der Waals surface area contributed by atoms with Crippen molar-refractivity contribution in [2.24, 2.45) is 0 Å². The average molecular weight is 406 g/mol. The molecular weight excluding hydrogens is 389 g/mol. The van der Waals surface area contributed by atoms with Crippen LogP contribution in [0.25, 0.3) is 17.1 Å². The van der Waals surface area contributed by atoms with Gasteiger partial charge in [0.2, 0.25) is 5.91 Å². The predicted octanol–water partition coefficient (Wildman–Crippen LogP) is 2.93. The van der Waals surface area contributed by atoms with Gasteiger partial charge in [0.05, 0.1) is 11.9 Å². The molecule has 0 unspecified atom stereocenters. The highest BCUT2D eigenvalue weighted by molar-refractivity contribution is 6.30. The van der Waals surface area contributed by atoms with E-state index in [1.54, 1.807) is 36.4 Å². The molecule has 1 N–H and O–H groups in total. The number of halogens is 2. The van der Waals surface area contributed by atoms with E-state index in [-0.39, 0.29) is 18.5 Å². The van der Waals surface area contributed by atoms with Gasteiger partial charge in [0.25, 0.3) is 0 Å². The first-order valence-electron chi connectivity index (χ1n) is 8.22. The lowest BCUT2D eigenvalue weighted by atomic mass is 10.2. The van der Waals surface area contributed by atoms with Crippen molar-refractivity contribution in [1.82, 2.24) is 24.6 Å². The Labute approximate surface area is 165 Å². The van der Waals surface area contributed by atoms with Gasteiger partial charge in [-0.3, -0.25) is 9.36 Å². The third-order valence-electron chi connectivity index (χ3n) is 3.65. The summed E-state index contributed by atoms with van der Waals surface area (Å²) in [6.07, 6.45) is 1.44. The van der Waals surface area contributed by atoms with E-state index in [2.05, 4.69) is 15.4 Å². The number of hydrogen-bond acceptors (Lipinski definition) is 4. The van der Waals surface area contributed by atoms with Crippen molar-refractivity contribution in [2.75, 3.05) is 0 Å². The second kappa shape index (κ2) is 7.94. The number of nitrogens with one attached hydrogen (secondary N) is 1. The zero-order chi connectivity index (χ0) is 19.6. The number of benzene rings is 1. The molecule has 0 fully saturated rings. The molecule has 0 bridgehead atoms.